The average Bonchev–Trinajstić information content (AvgIpc) is 2.70. The first-order chi connectivity index (χ1) is 13.6. The molecule has 6 heteroatoms. The molecule has 1 heterocycles. The summed E-state index contributed by atoms with van der Waals surface area (Å²) in [7, 11) is 0. The average molecular weight is 380 g/mol. The number of phenolic OH excluding ortho intramolecular Hbond substituents is 1. The van der Waals surface area contributed by atoms with E-state index in [1.54, 1.807) is 30.3 Å². The SMILES string of the molecule is CCC=CCCOc1c(OC(=O)c2ccccc2)c2c(O)cccc2oc1=O. The van der Waals surface area contributed by atoms with Gasteiger partial charge in [0.15, 0.2) is 5.75 Å². The monoisotopic (exact) mass is 380 g/mol. The van der Waals surface area contributed by atoms with Crippen molar-refractivity contribution in [3.05, 3.63) is 76.7 Å². The molecule has 6 nitrogen and oxygen atoms in total. The Balaban J connectivity index is 2.03. The topological polar surface area (TPSA) is 86.0 Å². The van der Waals surface area contributed by atoms with Crippen LogP contribution in [-0.2, 0) is 0 Å². The summed E-state index contributed by atoms with van der Waals surface area (Å²) >= 11 is 0. The Morgan fingerprint density at radius 2 is 1.86 bits per heavy atom. The Morgan fingerprint density at radius 3 is 2.61 bits per heavy atom. The molecule has 0 bridgehead atoms. The van der Waals surface area contributed by atoms with Crippen LogP contribution in [0.4, 0.5) is 0 Å². The van der Waals surface area contributed by atoms with Crippen LogP contribution in [-0.4, -0.2) is 17.7 Å². The summed E-state index contributed by atoms with van der Waals surface area (Å²) in [5, 5.41) is 10.4. The van der Waals surface area contributed by atoms with Crippen LogP contribution in [0.2, 0.25) is 0 Å². The third kappa shape index (κ3) is 4.23. The molecule has 0 saturated heterocycles. The molecule has 0 fully saturated rings. The first kappa shape index (κ1) is 19.2. The van der Waals surface area contributed by atoms with Crippen LogP contribution in [0.25, 0.3) is 11.0 Å². The van der Waals surface area contributed by atoms with E-state index in [0.29, 0.717) is 12.0 Å². The Bertz CT molecular complexity index is 1050. The number of hydrogen-bond acceptors (Lipinski definition) is 6. The third-order valence-electron chi connectivity index (χ3n) is 3.96. The fourth-order valence-electron chi connectivity index (χ4n) is 2.65. The second-order valence-electron chi connectivity index (χ2n) is 5.97. The van der Waals surface area contributed by atoms with Crippen LogP contribution in [0, 0.1) is 0 Å². The molecule has 0 amide bonds. The number of phenols is 1. The van der Waals surface area contributed by atoms with Crippen LogP contribution < -0.4 is 15.1 Å². The molecule has 0 aliphatic rings. The van der Waals surface area contributed by atoms with E-state index >= 15 is 0 Å². The van der Waals surface area contributed by atoms with Crippen molar-refractivity contribution in [2.24, 2.45) is 0 Å². The Morgan fingerprint density at radius 1 is 1.07 bits per heavy atom. The van der Waals surface area contributed by atoms with Gasteiger partial charge in [0.1, 0.15) is 16.7 Å². The van der Waals surface area contributed by atoms with Gasteiger partial charge in [0.25, 0.3) is 0 Å². The minimum Gasteiger partial charge on any atom is -0.507 e. The molecule has 28 heavy (non-hydrogen) atoms. The fourth-order valence-corrected chi connectivity index (χ4v) is 2.65. The summed E-state index contributed by atoms with van der Waals surface area (Å²) in [6, 6.07) is 12.8. The molecule has 3 rings (SSSR count). The maximum Gasteiger partial charge on any atom is 0.383 e. The van der Waals surface area contributed by atoms with E-state index in [4.69, 9.17) is 13.9 Å². The fraction of sp³-hybridized carbons (Fsp3) is 0.182. The molecule has 0 atom stereocenters. The molecule has 0 unspecified atom stereocenters. The second kappa shape index (κ2) is 8.90. The maximum absolute atomic E-state index is 12.5. The van der Waals surface area contributed by atoms with Crippen LogP contribution in [0.1, 0.15) is 30.1 Å². The van der Waals surface area contributed by atoms with Crippen molar-refractivity contribution in [3.63, 3.8) is 0 Å². The number of rotatable bonds is 7. The molecule has 144 valence electrons. The standard InChI is InChI=1S/C22H20O6/c1-2-3-4-8-14-26-20-19(28-21(24)15-10-6-5-7-11-15)18-16(23)12-9-13-17(18)27-22(20)25/h3-7,9-13,23H,2,8,14H2,1H3. The van der Waals surface area contributed by atoms with Gasteiger partial charge in [-0.2, -0.15) is 0 Å². The third-order valence-corrected chi connectivity index (χ3v) is 3.96. The molecule has 0 saturated carbocycles. The van der Waals surface area contributed by atoms with Crippen molar-refractivity contribution < 1.29 is 23.8 Å². The molecule has 0 aliphatic carbocycles. The van der Waals surface area contributed by atoms with E-state index in [9.17, 15) is 14.7 Å². The zero-order chi connectivity index (χ0) is 19.9. The molecule has 0 aliphatic heterocycles. The quantitative estimate of drug-likeness (QED) is 0.282. The maximum atomic E-state index is 12.5. The lowest BCUT2D eigenvalue weighted by Crippen LogP contribution is -2.15. The van der Waals surface area contributed by atoms with Gasteiger partial charge in [-0.3, -0.25) is 0 Å². The van der Waals surface area contributed by atoms with E-state index in [1.807, 2.05) is 19.1 Å². The Labute approximate surface area is 161 Å². The minimum absolute atomic E-state index is 0.0964. The first-order valence-electron chi connectivity index (χ1n) is 8.95. The highest BCUT2D eigenvalue weighted by Gasteiger charge is 2.23. The van der Waals surface area contributed by atoms with Crippen molar-refractivity contribution in [3.8, 4) is 17.2 Å². The number of fused-ring (bicyclic) bond motifs is 1. The smallest absolute Gasteiger partial charge is 0.383 e. The number of carbonyl (C=O) groups is 1. The highest BCUT2D eigenvalue weighted by atomic mass is 16.6. The number of esters is 1. The zero-order valence-corrected chi connectivity index (χ0v) is 15.4. The van der Waals surface area contributed by atoms with Gasteiger partial charge >= 0.3 is 11.6 Å². The molecule has 3 aromatic rings. The lowest BCUT2D eigenvalue weighted by atomic mass is 10.2. The van der Waals surface area contributed by atoms with Crippen molar-refractivity contribution in [1.29, 1.82) is 0 Å². The number of allylic oxidation sites excluding steroid dienone is 1. The van der Waals surface area contributed by atoms with Crippen molar-refractivity contribution in [2.75, 3.05) is 6.61 Å². The molecule has 0 spiro atoms. The Hall–Kier alpha value is -3.54. The van der Waals surface area contributed by atoms with Gasteiger partial charge < -0.3 is 19.0 Å². The van der Waals surface area contributed by atoms with Gasteiger partial charge in [-0.25, -0.2) is 9.59 Å². The molecule has 0 radical (unpaired) electrons. The molecular weight excluding hydrogens is 360 g/mol. The lowest BCUT2D eigenvalue weighted by Gasteiger charge is -2.13. The van der Waals surface area contributed by atoms with Crippen LogP contribution in [0.3, 0.4) is 0 Å². The van der Waals surface area contributed by atoms with E-state index in [-0.39, 0.29) is 34.8 Å². The van der Waals surface area contributed by atoms with Gasteiger partial charge in [-0.1, -0.05) is 43.3 Å². The largest absolute Gasteiger partial charge is 0.507 e. The van der Waals surface area contributed by atoms with E-state index in [0.717, 1.165) is 6.42 Å². The zero-order valence-electron chi connectivity index (χ0n) is 15.4. The number of ether oxygens (including phenoxy) is 2. The number of carbonyl (C=O) groups excluding carboxylic acids is 1. The van der Waals surface area contributed by atoms with E-state index < -0.39 is 11.6 Å². The van der Waals surface area contributed by atoms with Crippen molar-refractivity contribution >= 4 is 16.9 Å². The predicted octanol–water partition coefficient (Wildman–Crippen LogP) is 4.45. The Kier molecular flexibility index (Phi) is 6.11. The van der Waals surface area contributed by atoms with Gasteiger partial charge in [-0.05, 0) is 37.1 Å². The molecule has 1 aromatic heterocycles. The summed E-state index contributed by atoms with van der Waals surface area (Å²) in [6.45, 7) is 2.20. The number of aromatic hydroxyl groups is 1. The summed E-state index contributed by atoms with van der Waals surface area (Å²) in [5.74, 6) is -1.26. The summed E-state index contributed by atoms with van der Waals surface area (Å²) in [4.78, 5) is 25.0. The number of benzene rings is 2. The molecule has 1 N–H and O–H groups in total. The van der Waals surface area contributed by atoms with Gasteiger partial charge in [0.2, 0.25) is 5.75 Å². The van der Waals surface area contributed by atoms with E-state index in [1.165, 1.54) is 18.2 Å². The summed E-state index contributed by atoms with van der Waals surface area (Å²) in [6.07, 6.45) is 5.37. The molecule has 2 aromatic carbocycles. The minimum atomic E-state index is -0.784. The van der Waals surface area contributed by atoms with Crippen LogP contribution in [0.5, 0.6) is 17.2 Å². The summed E-state index contributed by atoms with van der Waals surface area (Å²) in [5.41, 5.74) is -0.385. The lowest BCUT2D eigenvalue weighted by molar-refractivity contribution is 0.0729. The highest BCUT2D eigenvalue weighted by molar-refractivity contribution is 5.97. The highest BCUT2D eigenvalue weighted by Crippen LogP contribution is 2.38. The van der Waals surface area contributed by atoms with Gasteiger partial charge in [-0.15, -0.1) is 0 Å². The van der Waals surface area contributed by atoms with E-state index in [2.05, 4.69) is 0 Å². The number of hydrogen-bond donors (Lipinski definition) is 1. The van der Waals surface area contributed by atoms with Gasteiger partial charge in [0, 0.05) is 0 Å². The normalized spacial score (nSPS) is 11.0. The first-order valence-corrected chi connectivity index (χ1v) is 8.95. The molecular formula is C22H20O6. The van der Waals surface area contributed by atoms with Crippen molar-refractivity contribution in [1.82, 2.24) is 0 Å². The van der Waals surface area contributed by atoms with Gasteiger partial charge in [0.05, 0.1) is 12.2 Å². The van der Waals surface area contributed by atoms with Crippen molar-refractivity contribution in [2.45, 2.75) is 19.8 Å². The predicted molar refractivity (Wildman–Crippen MR) is 105 cm³/mol. The summed E-state index contributed by atoms with van der Waals surface area (Å²) < 4.78 is 16.3. The van der Waals surface area contributed by atoms with Crippen LogP contribution in [0.15, 0.2) is 69.9 Å². The second-order valence-corrected chi connectivity index (χ2v) is 5.97. The van der Waals surface area contributed by atoms with Crippen LogP contribution >= 0.6 is 0 Å².